The summed E-state index contributed by atoms with van der Waals surface area (Å²) in [5, 5.41) is 10.4. The van der Waals surface area contributed by atoms with Crippen LogP contribution in [0, 0.1) is 19.7 Å². The molecule has 3 rings (SSSR count). The minimum absolute atomic E-state index is 0.291. The van der Waals surface area contributed by atoms with Gasteiger partial charge < -0.3 is 9.51 Å². The Morgan fingerprint density at radius 1 is 1.25 bits per heavy atom. The number of halogens is 1. The lowest BCUT2D eigenvalue weighted by molar-refractivity contribution is 0.210. The van der Waals surface area contributed by atoms with E-state index >= 15 is 0 Å². The highest BCUT2D eigenvalue weighted by atomic mass is 19.1. The maximum Gasteiger partial charge on any atom is 0.137 e. The van der Waals surface area contributed by atoms with E-state index in [1.807, 2.05) is 37.4 Å². The van der Waals surface area contributed by atoms with Crippen molar-refractivity contribution in [2.75, 3.05) is 0 Å². The normalized spacial score (nSPS) is 12.8. The van der Waals surface area contributed by atoms with E-state index in [-0.39, 0.29) is 0 Å². The summed E-state index contributed by atoms with van der Waals surface area (Å²) in [4.78, 5) is 4.34. The number of hydrogen-bond donors (Lipinski definition) is 1. The van der Waals surface area contributed by atoms with E-state index in [0.29, 0.717) is 11.3 Å². The molecule has 20 heavy (non-hydrogen) atoms. The molecule has 3 nitrogen and oxygen atoms in total. The van der Waals surface area contributed by atoms with Crippen molar-refractivity contribution < 1.29 is 9.50 Å². The molecule has 0 bridgehead atoms. The molecule has 102 valence electrons. The van der Waals surface area contributed by atoms with Gasteiger partial charge in [-0.25, -0.2) is 9.37 Å². The molecule has 0 saturated heterocycles. The molecular weight excluding hydrogens is 255 g/mol. The van der Waals surface area contributed by atoms with Gasteiger partial charge in [-0.05, 0) is 43.2 Å². The second-order valence-corrected chi connectivity index (χ2v) is 5.01. The number of rotatable bonds is 2. The maximum absolute atomic E-state index is 14.1. The average molecular weight is 270 g/mol. The lowest BCUT2D eigenvalue weighted by atomic mass is 9.99. The molecule has 0 aliphatic heterocycles. The molecule has 0 saturated carbocycles. The van der Waals surface area contributed by atoms with Gasteiger partial charge in [-0.2, -0.15) is 0 Å². The summed E-state index contributed by atoms with van der Waals surface area (Å²) in [5.41, 5.74) is 3.03. The van der Waals surface area contributed by atoms with Gasteiger partial charge in [0.2, 0.25) is 0 Å². The van der Waals surface area contributed by atoms with Crippen LogP contribution in [0.3, 0.4) is 0 Å². The molecule has 2 heterocycles. The van der Waals surface area contributed by atoms with Crippen LogP contribution in [0.25, 0.3) is 5.65 Å². The van der Waals surface area contributed by atoms with Crippen molar-refractivity contribution in [3.05, 3.63) is 70.9 Å². The molecule has 1 atom stereocenters. The number of nitrogens with zero attached hydrogens (tertiary/aromatic N) is 2. The van der Waals surface area contributed by atoms with Crippen molar-refractivity contribution in [3.63, 3.8) is 0 Å². The minimum atomic E-state index is -1.06. The zero-order valence-electron chi connectivity index (χ0n) is 11.3. The third-order valence-electron chi connectivity index (χ3n) is 3.42. The predicted octanol–water partition coefficient (Wildman–Crippen LogP) is 3.17. The number of pyridine rings is 1. The molecule has 0 amide bonds. The molecule has 1 N–H and O–H groups in total. The summed E-state index contributed by atoms with van der Waals surface area (Å²) in [6, 6.07) is 8.88. The van der Waals surface area contributed by atoms with Gasteiger partial charge in [-0.15, -0.1) is 0 Å². The van der Waals surface area contributed by atoms with E-state index < -0.39 is 11.9 Å². The van der Waals surface area contributed by atoms with Crippen molar-refractivity contribution in [1.29, 1.82) is 0 Å². The fraction of sp³-hybridized carbons (Fsp3) is 0.188. The highest BCUT2D eigenvalue weighted by molar-refractivity contribution is 5.43. The Balaban J connectivity index is 2.10. The molecule has 0 radical (unpaired) electrons. The van der Waals surface area contributed by atoms with Crippen molar-refractivity contribution in [2.45, 2.75) is 20.0 Å². The van der Waals surface area contributed by atoms with Gasteiger partial charge in [0.1, 0.15) is 17.6 Å². The fourth-order valence-electron chi connectivity index (χ4n) is 2.51. The van der Waals surface area contributed by atoms with Crippen LogP contribution in [0.2, 0.25) is 0 Å². The van der Waals surface area contributed by atoms with Gasteiger partial charge in [0.15, 0.2) is 0 Å². The molecule has 0 spiro atoms. The number of aryl methyl sites for hydroxylation is 2. The second kappa shape index (κ2) is 4.72. The maximum atomic E-state index is 14.1. The van der Waals surface area contributed by atoms with Crippen LogP contribution in [0.4, 0.5) is 4.39 Å². The Hall–Kier alpha value is -2.20. The third kappa shape index (κ3) is 2.08. The van der Waals surface area contributed by atoms with E-state index in [0.717, 1.165) is 16.8 Å². The van der Waals surface area contributed by atoms with Crippen molar-refractivity contribution in [1.82, 2.24) is 9.38 Å². The molecule has 1 unspecified atom stereocenters. The Kier molecular flexibility index (Phi) is 3.03. The van der Waals surface area contributed by atoms with Crippen LogP contribution in [0.1, 0.15) is 28.5 Å². The summed E-state index contributed by atoms with van der Waals surface area (Å²) in [6.07, 6.45) is 2.51. The fourth-order valence-corrected chi connectivity index (χ4v) is 2.51. The quantitative estimate of drug-likeness (QED) is 0.776. The van der Waals surface area contributed by atoms with E-state index in [4.69, 9.17) is 0 Å². The van der Waals surface area contributed by atoms with Crippen LogP contribution in [0.5, 0.6) is 0 Å². The average Bonchev–Trinajstić information content (AvgIpc) is 2.81. The summed E-state index contributed by atoms with van der Waals surface area (Å²) >= 11 is 0. The molecule has 0 aliphatic carbocycles. The largest absolute Gasteiger partial charge is 0.382 e. The van der Waals surface area contributed by atoms with Gasteiger partial charge >= 0.3 is 0 Å². The highest BCUT2D eigenvalue weighted by Crippen LogP contribution is 2.27. The molecule has 4 heteroatoms. The lowest BCUT2D eigenvalue weighted by Crippen LogP contribution is -2.06. The Morgan fingerprint density at radius 3 is 2.75 bits per heavy atom. The summed E-state index contributed by atoms with van der Waals surface area (Å²) in [5.74, 6) is -0.396. The van der Waals surface area contributed by atoms with Crippen LogP contribution in [-0.4, -0.2) is 14.5 Å². The van der Waals surface area contributed by atoms with E-state index in [9.17, 15) is 9.50 Å². The van der Waals surface area contributed by atoms with Gasteiger partial charge in [0.25, 0.3) is 0 Å². The minimum Gasteiger partial charge on any atom is -0.382 e. The zero-order chi connectivity index (χ0) is 14.3. The molecule has 3 aromatic rings. The van der Waals surface area contributed by atoms with E-state index in [1.54, 1.807) is 17.5 Å². The van der Waals surface area contributed by atoms with Crippen LogP contribution in [0.15, 0.2) is 42.7 Å². The van der Waals surface area contributed by atoms with Crippen molar-refractivity contribution in [3.8, 4) is 0 Å². The first-order chi connectivity index (χ1) is 9.56. The number of aliphatic hydroxyl groups excluding tert-OH is 1. The molecular formula is C16H15FN2O. The van der Waals surface area contributed by atoms with Crippen LogP contribution >= 0.6 is 0 Å². The first-order valence-electron chi connectivity index (χ1n) is 6.44. The van der Waals surface area contributed by atoms with Gasteiger partial charge in [-0.1, -0.05) is 12.1 Å². The Bertz CT molecular complexity index is 723. The SMILES string of the molecule is Cc1cc(C)c(C(O)c2cn3ccccc3n2)c(F)c1. The van der Waals surface area contributed by atoms with E-state index in [2.05, 4.69) is 4.98 Å². The smallest absolute Gasteiger partial charge is 0.137 e. The molecule has 0 fully saturated rings. The Labute approximate surface area is 116 Å². The van der Waals surface area contributed by atoms with Gasteiger partial charge in [0.05, 0.1) is 5.69 Å². The standard InChI is InChI=1S/C16H15FN2O/c1-10-7-11(2)15(12(17)8-10)16(20)13-9-19-6-4-3-5-14(19)18-13/h3-9,16,20H,1-2H3. The zero-order valence-corrected chi connectivity index (χ0v) is 11.3. The van der Waals surface area contributed by atoms with Gasteiger partial charge in [-0.3, -0.25) is 0 Å². The summed E-state index contributed by atoms with van der Waals surface area (Å²) in [7, 11) is 0. The molecule has 2 aromatic heterocycles. The van der Waals surface area contributed by atoms with Crippen molar-refractivity contribution in [2.24, 2.45) is 0 Å². The van der Waals surface area contributed by atoms with E-state index in [1.165, 1.54) is 6.07 Å². The number of aliphatic hydroxyl groups is 1. The third-order valence-corrected chi connectivity index (χ3v) is 3.42. The number of hydrogen-bond acceptors (Lipinski definition) is 2. The highest BCUT2D eigenvalue weighted by Gasteiger charge is 2.20. The number of imidazole rings is 1. The second-order valence-electron chi connectivity index (χ2n) is 5.01. The van der Waals surface area contributed by atoms with Gasteiger partial charge in [0, 0.05) is 18.0 Å². The van der Waals surface area contributed by atoms with Crippen LogP contribution < -0.4 is 0 Å². The lowest BCUT2D eigenvalue weighted by Gasteiger charge is -2.13. The number of aromatic nitrogens is 2. The summed E-state index contributed by atoms with van der Waals surface area (Å²) < 4.78 is 15.9. The first-order valence-corrected chi connectivity index (χ1v) is 6.44. The predicted molar refractivity (Wildman–Crippen MR) is 75.1 cm³/mol. The molecule has 1 aromatic carbocycles. The monoisotopic (exact) mass is 270 g/mol. The number of fused-ring (bicyclic) bond motifs is 1. The topological polar surface area (TPSA) is 37.5 Å². The Morgan fingerprint density at radius 2 is 2.05 bits per heavy atom. The first kappa shape index (κ1) is 12.8. The van der Waals surface area contributed by atoms with Crippen LogP contribution in [-0.2, 0) is 0 Å². The molecule has 0 aliphatic rings. The number of benzene rings is 1. The van der Waals surface area contributed by atoms with Crippen molar-refractivity contribution >= 4 is 5.65 Å². The summed E-state index contributed by atoms with van der Waals surface area (Å²) in [6.45, 7) is 3.63.